The molecule has 0 aromatic heterocycles. The molecule has 6 heteroatoms. The van der Waals surface area contributed by atoms with E-state index >= 15 is 0 Å². The molecule has 0 radical (unpaired) electrons. The van der Waals surface area contributed by atoms with Gasteiger partial charge in [0.25, 0.3) is 0 Å². The molecule has 0 aliphatic carbocycles. The van der Waals surface area contributed by atoms with E-state index in [1.165, 1.54) is 0 Å². The van der Waals surface area contributed by atoms with Gasteiger partial charge in [0.1, 0.15) is 29.2 Å². The Bertz CT molecular complexity index is 1460. The number of nitriles is 2. The highest BCUT2D eigenvalue weighted by Crippen LogP contribution is 2.37. The predicted molar refractivity (Wildman–Crippen MR) is 161 cm³/mol. The fourth-order valence-corrected chi connectivity index (χ4v) is 4.34. The quantitative estimate of drug-likeness (QED) is 0.264. The zero-order chi connectivity index (χ0) is 27.3. The zero-order valence-corrected chi connectivity index (χ0v) is 24.4. The van der Waals surface area contributed by atoms with Gasteiger partial charge in [-0.15, -0.1) is 0 Å². The van der Waals surface area contributed by atoms with Gasteiger partial charge in [-0.3, -0.25) is 0 Å². The summed E-state index contributed by atoms with van der Waals surface area (Å²) in [5.41, 5.74) is 4.45. The maximum absolute atomic E-state index is 9.37. The van der Waals surface area contributed by atoms with Crippen molar-refractivity contribution in [2.75, 3.05) is 4.90 Å². The van der Waals surface area contributed by atoms with Crippen LogP contribution in [-0.4, -0.2) is 0 Å². The third-order valence-corrected chi connectivity index (χ3v) is 6.88. The Hall–Kier alpha value is -3.84. The van der Waals surface area contributed by atoms with Crippen LogP contribution in [0.1, 0.15) is 26.3 Å². The van der Waals surface area contributed by atoms with Gasteiger partial charge in [-0.2, -0.15) is 10.5 Å². The van der Waals surface area contributed by atoms with E-state index in [1.807, 2.05) is 81.5 Å². The van der Waals surface area contributed by atoms with E-state index in [4.69, 9.17) is 4.74 Å². The summed E-state index contributed by atoms with van der Waals surface area (Å²) >= 11 is 7.05. The van der Waals surface area contributed by atoms with Gasteiger partial charge in [0.05, 0.1) is 0 Å². The molecular formula is C32H25Br2N3O. The molecule has 0 saturated carbocycles. The number of halogens is 2. The summed E-state index contributed by atoms with van der Waals surface area (Å²) in [4.78, 5) is 2.20. The molecule has 4 nitrogen and oxygen atoms in total. The number of rotatable bonds is 5. The number of hydrogen-bond acceptors (Lipinski definition) is 4. The maximum Gasteiger partial charge on any atom is 0.137 e. The van der Waals surface area contributed by atoms with Gasteiger partial charge in [0.15, 0.2) is 0 Å². The van der Waals surface area contributed by atoms with Crippen molar-refractivity contribution in [3.8, 4) is 12.1 Å². The van der Waals surface area contributed by atoms with Crippen LogP contribution in [0.15, 0.2) is 123 Å². The highest BCUT2D eigenvalue weighted by Gasteiger charge is 2.24. The standard InChI is InChI=1S/C32H25Br2N3O/c1-32(2,3)31-19-23(24(20-35)21-36)18-30(38-31)17-6-22-4-11-27(12-5-22)37(28-13-7-25(33)8-14-28)29-15-9-26(34)10-16-29/h4-19H,1-3H3/b17-6+. The van der Waals surface area contributed by atoms with Crippen molar-refractivity contribution in [3.63, 3.8) is 0 Å². The Morgan fingerprint density at radius 3 is 1.66 bits per heavy atom. The van der Waals surface area contributed by atoms with Crippen molar-refractivity contribution in [2.45, 2.75) is 20.8 Å². The summed E-state index contributed by atoms with van der Waals surface area (Å²) in [6.45, 7) is 6.09. The molecule has 38 heavy (non-hydrogen) atoms. The molecule has 188 valence electrons. The van der Waals surface area contributed by atoms with E-state index in [1.54, 1.807) is 12.2 Å². The zero-order valence-electron chi connectivity index (χ0n) is 21.2. The molecule has 3 aromatic carbocycles. The number of allylic oxidation sites excluding steroid dienone is 6. The number of nitrogens with zero attached hydrogens (tertiary/aromatic N) is 3. The molecule has 0 spiro atoms. The SMILES string of the molecule is CC(C)(C)C1=CC(=C(C#N)C#N)C=C(/C=C/c2ccc(N(c3ccc(Br)cc3)c3ccc(Br)cc3)cc2)O1. The van der Waals surface area contributed by atoms with E-state index in [2.05, 4.69) is 73.2 Å². The van der Waals surface area contributed by atoms with Crippen molar-refractivity contribution >= 4 is 55.0 Å². The molecule has 3 aromatic rings. The first kappa shape index (κ1) is 27.2. The van der Waals surface area contributed by atoms with Gasteiger partial charge in [-0.25, -0.2) is 0 Å². The molecule has 1 aliphatic rings. The highest BCUT2D eigenvalue weighted by molar-refractivity contribution is 9.10. The lowest BCUT2D eigenvalue weighted by atomic mass is 9.90. The Kier molecular flexibility index (Phi) is 8.37. The monoisotopic (exact) mass is 625 g/mol. The Morgan fingerprint density at radius 1 is 0.737 bits per heavy atom. The van der Waals surface area contributed by atoms with Crippen LogP contribution in [0.3, 0.4) is 0 Å². The molecular weight excluding hydrogens is 602 g/mol. The highest BCUT2D eigenvalue weighted by atomic mass is 79.9. The van der Waals surface area contributed by atoms with Crippen molar-refractivity contribution in [1.29, 1.82) is 10.5 Å². The Balaban J connectivity index is 1.64. The van der Waals surface area contributed by atoms with Crippen LogP contribution in [-0.2, 0) is 4.74 Å². The summed E-state index contributed by atoms with van der Waals surface area (Å²) in [6.07, 6.45) is 7.32. The van der Waals surface area contributed by atoms with Crippen molar-refractivity contribution < 1.29 is 4.74 Å². The molecule has 0 fully saturated rings. The van der Waals surface area contributed by atoms with Crippen LogP contribution in [0, 0.1) is 28.1 Å². The lowest BCUT2D eigenvalue weighted by molar-refractivity contribution is 0.223. The lowest BCUT2D eigenvalue weighted by Gasteiger charge is -2.26. The van der Waals surface area contributed by atoms with Crippen molar-refractivity contribution in [3.05, 3.63) is 128 Å². The lowest BCUT2D eigenvalue weighted by Crippen LogP contribution is -2.15. The largest absolute Gasteiger partial charge is 0.461 e. The summed E-state index contributed by atoms with van der Waals surface area (Å²) in [7, 11) is 0. The second kappa shape index (κ2) is 11.7. The number of anilines is 3. The second-order valence-electron chi connectivity index (χ2n) is 9.67. The van der Waals surface area contributed by atoms with Crippen LogP contribution < -0.4 is 4.90 Å². The minimum Gasteiger partial charge on any atom is -0.461 e. The topological polar surface area (TPSA) is 60.0 Å². The van der Waals surface area contributed by atoms with E-state index in [0.29, 0.717) is 17.1 Å². The minimum absolute atomic E-state index is 0.0614. The van der Waals surface area contributed by atoms with Crippen molar-refractivity contribution in [2.24, 2.45) is 5.41 Å². The van der Waals surface area contributed by atoms with E-state index < -0.39 is 0 Å². The van der Waals surface area contributed by atoms with Gasteiger partial charge in [-0.05, 0) is 84.5 Å². The van der Waals surface area contributed by atoms with Crippen LogP contribution >= 0.6 is 31.9 Å². The minimum atomic E-state index is -0.278. The van der Waals surface area contributed by atoms with Crippen molar-refractivity contribution in [1.82, 2.24) is 0 Å². The molecule has 1 heterocycles. The third kappa shape index (κ3) is 6.53. The smallest absolute Gasteiger partial charge is 0.137 e. The fourth-order valence-electron chi connectivity index (χ4n) is 3.81. The molecule has 0 amide bonds. The van der Waals surface area contributed by atoms with Gasteiger partial charge < -0.3 is 9.64 Å². The molecule has 1 aliphatic heterocycles. The third-order valence-electron chi connectivity index (χ3n) is 5.82. The van der Waals surface area contributed by atoms with Gasteiger partial charge in [0.2, 0.25) is 0 Å². The predicted octanol–water partition coefficient (Wildman–Crippen LogP) is 9.88. The number of hydrogen-bond donors (Lipinski definition) is 0. The summed E-state index contributed by atoms with van der Waals surface area (Å²) in [5, 5.41) is 18.7. The van der Waals surface area contributed by atoms with Crippen LogP contribution in [0.4, 0.5) is 17.1 Å². The summed E-state index contributed by atoms with van der Waals surface area (Å²) in [6, 6.07) is 28.6. The molecule has 0 saturated heterocycles. The summed E-state index contributed by atoms with van der Waals surface area (Å²) < 4.78 is 8.15. The normalized spacial score (nSPS) is 13.2. The van der Waals surface area contributed by atoms with E-state index in [9.17, 15) is 10.5 Å². The maximum atomic E-state index is 9.37. The average Bonchev–Trinajstić information content (AvgIpc) is 2.91. The first-order chi connectivity index (χ1) is 18.2. The molecule has 0 N–H and O–H groups in total. The van der Waals surface area contributed by atoms with Crippen LogP contribution in [0.5, 0.6) is 0 Å². The van der Waals surface area contributed by atoms with E-state index in [0.717, 1.165) is 31.6 Å². The van der Waals surface area contributed by atoms with Gasteiger partial charge in [0, 0.05) is 37.0 Å². The Morgan fingerprint density at radius 2 is 1.21 bits per heavy atom. The first-order valence-corrected chi connectivity index (χ1v) is 13.5. The molecule has 4 rings (SSSR count). The van der Waals surface area contributed by atoms with Gasteiger partial charge in [-0.1, -0.05) is 70.8 Å². The van der Waals surface area contributed by atoms with Crippen LogP contribution in [0.2, 0.25) is 0 Å². The molecule has 0 atom stereocenters. The van der Waals surface area contributed by atoms with Crippen LogP contribution in [0.25, 0.3) is 6.08 Å². The van der Waals surface area contributed by atoms with Gasteiger partial charge >= 0.3 is 0 Å². The average molecular weight is 627 g/mol. The number of ether oxygens (including phenoxy) is 1. The first-order valence-electron chi connectivity index (χ1n) is 11.9. The molecule has 0 unspecified atom stereocenters. The second-order valence-corrected chi connectivity index (χ2v) is 11.5. The summed E-state index contributed by atoms with van der Waals surface area (Å²) in [5.74, 6) is 1.28. The molecule has 0 bridgehead atoms. The van der Waals surface area contributed by atoms with E-state index in [-0.39, 0.29) is 11.0 Å². The Labute approximate surface area is 240 Å². The fraction of sp³-hybridized carbons (Fsp3) is 0.125. The number of benzene rings is 3.